The number of aromatic nitrogens is 2. The van der Waals surface area contributed by atoms with Crippen molar-refractivity contribution in [2.45, 2.75) is 66.5 Å². The van der Waals surface area contributed by atoms with Gasteiger partial charge in [0.2, 0.25) is 5.91 Å². The number of amides is 2. The number of aryl methyl sites for hydroxylation is 2. The molecule has 35 heavy (non-hydrogen) atoms. The predicted molar refractivity (Wildman–Crippen MR) is 131 cm³/mol. The van der Waals surface area contributed by atoms with Crippen LogP contribution in [0.25, 0.3) is 0 Å². The Bertz CT molecular complexity index is 1080. The van der Waals surface area contributed by atoms with Gasteiger partial charge in [0.05, 0.1) is 16.9 Å². The summed E-state index contributed by atoms with van der Waals surface area (Å²) in [6.45, 7) is 11.8. The van der Waals surface area contributed by atoms with Gasteiger partial charge in [0.1, 0.15) is 5.82 Å². The molecule has 2 amide bonds. The van der Waals surface area contributed by atoms with E-state index in [0.29, 0.717) is 60.3 Å². The van der Waals surface area contributed by atoms with Crippen LogP contribution in [0.2, 0.25) is 0 Å². The highest BCUT2D eigenvalue weighted by atomic mass is 19.2. The molecule has 0 spiro atoms. The zero-order chi connectivity index (χ0) is 25.7. The van der Waals surface area contributed by atoms with Crippen molar-refractivity contribution in [2.24, 2.45) is 0 Å². The van der Waals surface area contributed by atoms with Crippen LogP contribution in [0, 0.1) is 25.5 Å². The largest absolute Gasteiger partial charge is 0.334 e. The third-order valence-corrected chi connectivity index (χ3v) is 6.43. The zero-order valence-corrected chi connectivity index (χ0v) is 21.3. The molecule has 0 atom stereocenters. The van der Waals surface area contributed by atoms with E-state index in [4.69, 9.17) is 0 Å². The lowest BCUT2D eigenvalue weighted by Gasteiger charge is -2.33. The van der Waals surface area contributed by atoms with Gasteiger partial charge < -0.3 is 14.7 Å². The summed E-state index contributed by atoms with van der Waals surface area (Å²) in [5, 5.41) is 0. The molecule has 1 aliphatic heterocycles. The number of carbonyl (C=O) groups excluding carboxylic acids is 2. The SMILES string of the molecule is CCC(=O)N1CCCN(C(C)C)CCCN(C(=O)c2cnc(C)nc2C)Cc2cc(F)c(F)cc21. The Labute approximate surface area is 206 Å². The van der Waals surface area contributed by atoms with Crippen LogP contribution in [0.5, 0.6) is 0 Å². The second kappa shape index (κ2) is 11.7. The van der Waals surface area contributed by atoms with Crippen LogP contribution in [-0.2, 0) is 11.3 Å². The number of anilines is 1. The maximum Gasteiger partial charge on any atom is 0.257 e. The van der Waals surface area contributed by atoms with Gasteiger partial charge in [0.15, 0.2) is 11.6 Å². The van der Waals surface area contributed by atoms with E-state index in [-0.39, 0.29) is 24.8 Å². The van der Waals surface area contributed by atoms with Crippen molar-refractivity contribution in [3.8, 4) is 0 Å². The molecule has 3 rings (SSSR count). The summed E-state index contributed by atoms with van der Waals surface area (Å²) in [7, 11) is 0. The summed E-state index contributed by atoms with van der Waals surface area (Å²) in [5.41, 5.74) is 1.63. The molecule has 190 valence electrons. The fourth-order valence-electron chi connectivity index (χ4n) is 4.47. The summed E-state index contributed by atoms with van der Waals surface area (Å²) in [6.07, 6.45) is 3.15. The van der Waals surface area contributed by atoms with Crippen molar-refractivity contribution in [1.82, 2.24) is 19.8 Å². The topological polar surface area (TPSA) is 69.6 Å². The quantitative estimate of drug-likeness (QED) is 0.647. The molecule has 1 aliphatic rings. The van der Waals surface area contributed by atoms with Gasteiger partial charge >= 0.3 is 0 Å². The predicted octanol–water partition coefficient (Wildman–Crippen LogP) is 4.26. The van der Waals surface area contributed by atoms with Gasteiger partial charge in [0, 0.05) is 57.4 Å². The van der Waals surface area contributed by atoms with Crippen LogP contribution < -0.4 is 4.90 Å². The molecule has 0 aliphatic carbocycles. The van der Waals surface area contributed by atoms with Crippen LogP contribution in [0.3, 0.4) is 0 Å². The van der Waals surface area contributed by atoms with Gasteiger partial charge in [-0.15, -0.1) is 0 Å². The van der Waals surface area contributed by atoms with Crippen molar-refractivity contribution in [3.63, 3.8) is 0 Å². The minimum Gasteiger partial charge on any atom is -0.334 e. The lowest BCUT2D eigenvalue weighted by molar-refractivity contribution is -0.118. The van der Waals surface area contributed by atoms with E-state index in [2.05, 4.69) is 28.7 Å². The van der Waals surface area contributed by atoms with Gasteiger partial charge in [0.25, 0.3) is 5.91 Å². The highest BCUT2D eigenvalue weighted by molar-refractivity contribution is 5.96. The van der Waals surface area contributed by atoms with Crippen molar-refractivity contribution >= 4 is 17.5 Å². The molecule has 0 fully saturated rings. The Balaban J connectivity index is 2.08. The first-order valence-electron chi connectivity index (χ1n) is 12.2. The Morgan fingerprint density at radius 3 is 2.31 bits per heavy atom. The molecule has 9 heteroatoms. The van der Waals surface area contributed by atoms with Gasteiger partial charge in [-0.1, -0.05) is 6.92 Å². The summed E-state index contributed by atoms with van der Waals surface area (Å²) in [4.78, 5) is 40.4. The average molecular weight is 488 g/mol. The molecule has 0 bridgehead atoms. The maximum atomic E-state index is 14.4. The number of rotatable bonds is 3. The standard InChI is InChI=1S/C26H35F2N5O2/c1-6-25(34)33-12-8-10-31(17(2)3)9-7-11-32(16-20-13-22(27)23(28)14-24(20)33)26(35)21-15-29-19(5)30-18(21)4/h13-15,17H,6-12,16H2,1-5H3. The number of halogens is 2. The number of benzene rings is 1. The number of hydrogen-bond donors (Lipinski definition) is 0. The minimum absolute atomic E-state index is 0.0356. The van der Waals surface area contributed by atoms with Crippen molar-refractivity contribution in [1.29, 1.82) is 0 Å². The van der Waals surface area contributed by atoms with E-state index < -0.39 is 11.6 Å². The highest BCUT2D eigenvalue weighted by Crippen LogP contribution is 2.28. The highest BCUT2D eigenvalue weighted by Gasteiger charge is 2.26. The molecule has 7 nitrogen and oxygen atoms in total. The van der Waals surface area contributed by atoms with Crippen LogP contribution in [0.4, 0.5) is 14.5 Å². The number of carbonyl (C=O) groups is 2. The van der Waals surface area contributed by atoms with E-state index in [1.54, 1.807) is 25.7 Å². The van der Waals surface area contributed by atoms with E-state index in [0.717, 1.165) is 25.2 Å². The molecule has 0 saturated carbocycles. The molecule has 0 radical (unpaired) electrons. The summed E-state index contributed by atoms with van der Waals surface area (Å²) < 4.78 is 28.7. The van der Waals surface area contributed by atoms with Crippen molar-refractivity contribution in [3.05, 3.63) is 52.6 Å². The van der Waals surface area contributed by atoms with Gasteiger partial charge in [-0.25, -0.2) is 18.7 Å². The van der Waals surface area contributed by atoms with Crippen LogP contribution in [-0.4, -0.2) is 63.8 Å². The molecule has 0 saturated heterocycles. The Kier molecular flexibility index (Phi) is 8.88. The average Bonchev–Trinajstić information content (AvgIpc) is 2.80. The van der Waals surface area contributed by atoms with E-state index in [1.165, 1.54) is 11.1 Å². The first-order valence-corrected chi connectivity index (χ1v) is 12.2. The molecule has 2 aromatic rings. The molecular weight excluding hydrogens is 452 g/mol. The van der Waals surface area contributed by atoms with E-state index in [1.807, 2.05) is 0 Å². The zero-order valence-electron chi connectivity index (χ0n) is 21.3. The molecule has 0 unspecified atom stereocenters. The third kappa shape index (κ3) is 6.39. The monoisotopic (exact) mass is 487 g/mol. The Hall–Kier alpha value is -2.94. The minimum atomic E-state index is -1.02. The van der Waals surface area contributed by atoms with Crippen molar-refractivity contribution in [2.75, 3.05) is 31.1 Å². The molecule has 2 heterocycles. The van der Waals surface area contributed by atoms with E-state index >= 15 is 0 Å². The number of hydrogen-bond acceptors (Lipinski definition) is 5. The number of nitrogens with zero attached hydrogens (tertiary/aromatic N) is 5. The normalized spacial score (nSPS) is 16.0. The molecule has 1 aromatic carbocycles. The number of fused-ring (bicyclic) bond motifs is 1. The fourth-order valence-corrected chi connectivity index (χ4v) is 4.47. The van der Waals surface area contributed by atoms with Crippen LogP contribution >= 0.6 is 0 Å². The Morgan fingerprint density at radius 1 is 1.03 bits per heavy atom. The fraction of sp³-hybridized carbons (Fsp3) is 0.538. The summed E-state index contributed by atoms with van der Waals surface area (Å²) in [5.74, 6) is -1.91. The molecule has 0 N–H and O–H groups in total. The van der Waals surface area contributed by atoms with E-state index in [9.17, 15) is 18.4 Å². The maximum absolute atomic E-state index is 14.4. The molecule has 1 aromatic heterocycles. The third-order valence-electron chi connectivity index (χ3n) is 6.43. The lowest BCUT2D eigenvalue weighted by atomic mass is 10.1. The second-order valence-electron chi connectivity index (χ2n) is 9.27. The van der Waals surface area contributed by atoms with Gasteiger partial charge in [-0.3, -0.25) is 9.59 Å². The van der Waals surface area contributed by atoms with Crippen LogP contribution in [0.15, 0.2) is 18.3 Å². The van der Waals surface area contributed by atoms with Gasteiger partial charge in [-0.2, -0.15) is 0 Å². The lowest BCUT2D eigenvalue weighted by Crippen LogP contribution is -2.40. The smallest absolute Gasteiger partial charge is 0.257 e. The molecular formula is C26H35F2N5O2. The first-order chi connectivity index (χ1) is 16.6. The van der Waals surface area contributed by atoms with Crippen LogP contribution in [0.1, 0.15) is 67.5 Å². The first kappa shape index (κ1) is 26.7. The van der Waals surface area contributed by atoms with Gasteiger partial charge in [-0.05, 0) is 52.2 Å². The summed E-state index contributed by atoms with van der Waals surface area (Å²) in [6, 6.07) is 2.47. The summed E-state index contributed by atoms with van der Waals surface area (Å²) >= 11 is 0. The van der Waals surface area contributed by atoms with Crippen molar-refractivity contribution < 1.29 is 18.4 Å². The second-order valence-corrected chi connectivity index (χ2v) is 9.27. The Morgan fingerprint density at radius 2 is 1.69 bits per heavy atom.